The molecule has 0 spiro atoms. The van der Waals surface area contributed by atoms with E-state index in [1.54, 1.807) is 5.92 Å². The van der Waals surface area contributed by atoms with E-state index in [0.717, 1.165) is 5.92 Å². The van der Waals surface area contributed by atoms with E-state index >= 15 is 0 Å². The minimum atomic E-state index is 1.03. The van der Waals surface area contributed by atoms with Crippen molar-refractivity contribution < 1.29 is 0 Å². The number of rotatable bonds is 2. The Kier molecular flexibility index (Phi) is 1.36. The Balaban J connectivity index is 2.10. The molecule has 41 valence electrons. The minimum Gasteiger partial charge on any atom is -0.0648 e. The summed E-state index contributed by atoms with van der Waals surface area (Å²) in [7, 11) is 0. The number of hydrogen-bond acceptors (Lipinski definition) is 0. The zero-order valence-electron chi connectivity index (χ0n) is 5.20. The first-order valence-corrected chi connectivity index (χ1v) is 3.17. The van der Waals surface area contributed by atoms with Gasteiger partial charge in [-0.3, -0.25) is 0 Å². The van der Waals surface area contributed by atoms with Gasteiger partial charge in [0.15, 0.2) is 0 Å². The Morgan fingerprint density at radius 1 is 1.57 bits per heavy atom. The predicted octanol–water partition coefficient (Wildman–Crippen LogP) is 2.40. The molecule has 0 bridgehead atoms. The summed E-state index contributed by atoms with van der Waals surface area (Å²) in [6, 6.07) is 0. The molecule has 1 radical (unpaired) electrons. The first-order chi connectivity index (χ1) is 3.34. The van der Waals surface area contributed by atoms with Crippen molar-refractivity contribution in [1.29, 1.82) is 0 Å². The SMILES string of the molecule is CC[C](C)C1CC1. The van der Waals surface area contributed by atoms with E-state index in [1.165, 1.54) is 19.3 Å². The first kappa shape index (κ1) is 5.14. The molecule has 0 aromatic rings. The molecule has 0 heteroatoms. The van der Waals surface area contributed by atoms with Gasteiger partial charge in [0.05, 0.1) is 0 Å². The van der Waals surface area contributed by atoms with E-state index in [0.29, 0.717) is 0 Å². The smallest absolute Gasteiger partial charge is 0.0244 e. The fourth-order valence-electron chi connectivity index (χ4n) is 0.865. The van der Waals surface area contributed by atoms with Crippen molar-refractivity contribution in [3.63, 3.8) is 0 Å². The lowest BCUT2D eigenvalue weighted by Crippen LogP contribution is -1.88. The summed E-state index contributed by atoms with van der Waals surface area (Å²) < 4.78 is 0. The average Bonchev–Trinajstić information content (AvgIpc) is 2.44. The van der Waals surface area contributed by atoms with Gasteiger partial charge in [-0.15, -0.1) is 0 Å². The third-order valence-electron chi connectivity index (χ3n) is 1.83. The molecular formula is C7H13. The van der Waals surface area contributed by atoms with Crippen LogP contribution < -0.4 is 0 Å². The van der Waals surface area contributed by atoms with E-state index in [9.17, 15) is 0 Å². The van der Waals surface area contributed by atoms with Gasteiger partial charge in [0.25, 0.3) is 0 Å². The summed E-state index contributed by atoms with van der Waals surface area (Å²) in [4.78, 5) is 0. The molecule has 1 saturated carbocycles. The normalized spacial score (nSPS) is 21.0. The molecule has 0 aliphatic heterocycles. The maximum atomic E-state index is 2.28. The fourth-order valence-corrected chi connectivity index (χ4v) is 0.865. The van der Waals surface area contributed by atoms with Crippen LogP contribution in [0.3, 0.4) is 0 Å². The van der Waals surface area contributed by atoms with Crippen LogP contribution in [0.5, 0.6) is 0 Å². The molecule has 1 rings (SSSR count). The van der Waals surface area contributed by atoms with Crippen LogP contribution in [0.2, 0.25) is 0 Å². The maximum absolute atomic E-state index is 2.28. The lowest BCUT2D eigenvalue weighted by Gasteiger charge is -2.00. The second-order valence-corrected chi connectivity index (χ2v) is 2.47. The molecule has 0 aromatic carbocycles. The van der Waals surface area contributed by atoms with Gasteiger partial charge >= 0.3 is 0 Å². The highest BCUT2D eigenvalue weighted by Gasteiger charge is 2.26. The number of hydrogen-bond donors (Lipinski definition) is 0. The van der Waals surface area contributed by atoms with Crippen molar-refractivity contribution in [1.82, 2.24) is 0 Å². The zero-order valence-corrected chi connectivity index (χ0v) is 5.20. The third-order valence-corrected chi connectivity index (χ3v) is 1.83. The Labute approximate surface area is 45.9 Å². The van der Waals surface area contributed by atoms with E-state index in [-0.39, 0.29) is 0 Å². The highest BCUT2D eigenvalue weighted by Crippen LogP contribution is 2.39. The van der Waals surface area contributed by atoms with Gasteiger partial charge in [-0.25, -0.2) is 0 Å². The van der Waals surface area contributed by atoms with Gasteiger partial charge in [0, 0.05) is 0 Å². The van der Waals surface area contributed by atoms with Crippen molar-refractivity contribution in [2.45, 2.75) is 33.1 Å². The van der Waals surface area contributed by atoms with Crippen LogP contribution in [0.4, 0.5) is 0 Å². The van der Waals surface area contributed by atoms with E-state index in [2.05, 4.69) is 13.8 Å². The summed E-state index contributed by atoms with van der Waals surface area (Å²) in [5.74, 6) is 2.74. The van der Waals surface area contributed by atoms with Crippen molar-refractivity contribution in [3.05, 3.63) is 5.92 Å². The van der Waals surface area contributed by atoms with Crippen LogP contribution in [-0.2, 0) is 0 Å². The quantitative estimate of drug-likeness (QED) is 0.496. The molecule has 0 aromatic heterocycles. The van der Waals surface area contributed by atoms with E-state index < -0.39 is 0 Å². The zero-order chi connectivity index (χ0) is 5.28. The Bertz CT molecular complexity index is 53.1. The van der Waals surface area contributed by atoms with Crippen LogP contribution in [0.1, 0.15) is 33.1 Å². The average molecular weight is 97.2 g/mol. The highest BCUT2D eigenvalue weighted by atomic mass is 14.3. The summed E-state index contributed by atoms with van der Waals surface area (Å²) in [5, 5.41) is 0. The molecule has 0 N–H and O–H groups in total. The van der Waals surface area contributed by atoms with Crippen molar-refractivity contribution in [2.24, 2.45) is 5.92 Å². The molecule has 1 aliphatic rings. The second kappa shape index (κ2) is 1.85. The van der Waals surface area contributed by atoms with Crippen LogP contribution >= 0.6 is 0 Å². The van der Waals surface area contributed by atoms with Gasteiger partial charge in [-0.1, -0.05) is 13.8 Å². The predicted molar refractivity (Wildman–Crippen MR) is 31.9 cm³/mol. The highest BCUT2D eigenvalue weighted by molar-refractivity contribution is 4.98. The van der Waals surface area contributed by atoms with Crippen LogP contribution in [0, 0.1) is 11.8 Å². The van der Waals surface area contributed by atoms with Crippen molar-refractivity contribution in [2.75, 3.05) is 0 Å². The molecule has 1 aliphatic carbocycles. The summed E-state index contributed by atoms with van der Waals surface area (Å²) in [6.07, 6.45) is 4.24. The Hall–Kier alpha value is 0. The molecule has 7 heavy (non-hydrogen) atoms. The first-order valence-electron chi connectivity index (χ1n) is 3.17. The summed E-state index contributed by atoms with van der Waals surface area (Å²) in [6.45, 7) is 4.52. The fraction of sp³-hybridized carbons (Fsp3) is 0.857. The topological polar surface area (TPSA) is 0 Å². The van der Waals surface area contributed by atoms with E-state index in [4.69, 9.17) is 0 Å². The van der Waals surface area contributed by atoms with Gasteiger partial charge in [0.1, 0.15) is 0 Å². The lowest BCUT2D eigenvalue weighted by molar-refractivity contribution is 0.759. The summed E-state index contributed by atoms with van der Waals surface area (Å²) in [5.41, 5.74) is 0. The van der Waals surface area contributed by atoms with Crippen LogP contribution in [-0.4, -0.2) is 0 Å². The minimum absolute atomic E-state index is 1.03. The standard InChI is InChI=1S/C7H13/c1-3-6(2)7-4-5-7/h7H,3-5H2,1-2H3. The molecule has 0 saturated heterocycles. The third kappa shape index (κ3) is 1.19. The maximum Gasteiger partial charge on any atom is -0.0244 e. The van der Waals surface area contributed by atoms with Crippen molar-refractivity contribution in [3.8, 4) is 0 Å². The Morgan fingerprint density at radius 2 is 2.14 bits per heavy atom. The van der Waals surface area contributed by atoms with Crippen molar-refractivity contribution >= 4 is 0 Å². The second-order valence-electron chi connectivity index (χ2n) is 2.47. The molecule has 1 fully saturated rings. The molecule has 0 nitrogen and oxygen atoms in total. The van der Waals surface area contributed by atoms with Gasteiger partial charge in [0.2, 0.25) is 0 Å². The molecule has 0 atom stereocenters. The monoisotopic (exact) mass is 97.1 g/mol. The molecular weight excluding hydrogens is 84.1 g/mol. The molecule has 0 unspecified atom stereocenters. The van der Waals surface area contributed by atoms with E-state index in [1.807, 2.05) is 0 Å². The van der Waals surface area contributed by atoms with Crippen LogP contribution in [0.15, 0.2) is 0 Å². The van der Waals surface area contributed by atoms with Gasteiger partial charge < -0.3 is 0 Å². The van der Waals surface area contributed by atoms with Gasteiger partial charge in [-0.05, 0) is 31.1 Å². The Morgan fingerprint density at radius 3 is 2.29 bits per heavy atom. The lowest BCUT2D eigenvalue weighted by atomic mass is 10.0. The summed E-state index contributed by atoms with van der Waals surface area (Å²) >= 11 is 0. The van der Waals surface area contributed by atoms with Gasteiger partial charge in [-0.2, -0.15) is 0 Å². The molecule has 0 amide bonds. The largest absolute Gasteiger partial charge is 0.0648 e. The molecule has 0 heterocycles. The van der Waals surface area contributed by atoms with Crippen LogP contribution in [0.25, 0.3) is 0 Å².